The first-order chi connectivity index (χ1) is 7.52. The topological polar surface area (TPSA) is 72.3 Å². The highest BCUT2D eigenvalue weighted by atomic mass is 16.5. The third kappa shape index (κ3) is 3.49. The molecule has 0 aliphatic heterocycles. The molecule has 0 aliphatic rings. The van der Waals surface area contributed by atoms with Gasteiger partial charge in [-0.1, -0.05) is 13.3 Å². The van der Waals surface area contributed by atoms with Gasteiger partial charge in [0, 0.05) is 5.69 Å². The molecule has 1 aromatic heterocycles. The second-order valence-corrected chi connectivity index (χ2v) is 3.70. The summed E-state index contributed by atoms with van der Waals surface area (Å²) >= 11 is 0. The van der Waals surface area contributed by atoms with Crippen LogP contribution in [0.5, 0.6) is 6.01 Å². The summed E-state index contributed by atoms with van der Waals surface area (Å²) in [4.78, 5) is 18.6. The van der Waals surface area contributed by atoms with Crippen molar-refractivity contribution in [2.75, 3.05) is 0 Å². The van der Waals surface area contributed by atoms with Crippen LogP contribution in [-0.2, 0) is 0 Å². The molecule has 5 heteroatoms. The second kappa shape index (κ2) is 5.44. The zero-order chi connectivity index (χ0) is 12.1. The molecule has 0 fully saturated rings. The molecule has 0 aliphatic carbocycles. The van der Waals surface area contributed by atoms with Gasteiger partial charge in [-0.15, -0.1) is 0 Å². The van der Waals surface area contributed by atoms with Crippen molar-refractivity contribution in [1.82, 2.24) is 9.97 Å². The Balaban J connectivity index is 2.84. The number of hydrogen-bond donors (Lipinski definition) is 1. The number of carboxylic acid groups (broad SMARTS) is 1. The van der Waals surface area contributed by atoms with E-state index in [0.29, 0.717) is 5.69 Å². The summed E-state index contributed by atoms with van der Waals surface area (Å²) in [6, 6.07) is 1.55. The average Bonchev–Trinajstić information content (AvgIpc) is 2.16. The first-order valence-corrected chi connectivity index (χ1v) is 5.28. The molecule has 0 amide bonds. The lowest BCUT2D eigenvalue weighted by Crippen LogP contribution is -2.14. The van der Waals surface area contributed by atoms with E-state index in [2.05, 4.69) is 16.9 Å². The Bertz CT molecular complexity index is 379. The van der Waals surface area contributed by atoms with Gasteiger partial charge in [0.2, 0.25) is 0 Å². The van der Waals surface area contributed by atoms with E-state index < -0.39 is 5.97 Å². The van der Waals surface area contributed by atoms with Crippen LogP contribution in [0.2, 0.25) is 0 Å². The standard InChI is InChI=1S/C11H16N2O3/c1-4-5-8(3)16-11-12-7(2)6-9(13-11)10(14)15/h6,8H,4-5H2,1-3H3,(H,14,15). The molecule has 88 valence electrons. The van der Waals surface area contributed by atoms with Crippen LogP contribution in [-0.4, -0.2) is 27.1 Å². The van der Waals surface area contributed by atoms with Crippen LogP contribution >= 0.6 is 0 Å². The maximum absolute atomic E-state index is 10.8. The maximum atomic E-state index is 10.8. The molecule has 1 atom stereocenters. The molecule has 1 N–H and O–H groups in total. The molecule has 0 saturated carbocycles. The molecule has 0 aromatic carbocycles. The van der Waals surface area contributed by atoms with Crippen molar-refractivity contribution in [2.24, 2.45) is 0 Å². The Morgan fingerprint density at radius 3 is 2.81 bits per heavy atom. The lowest BCUT2D eigenvalue weighted by Gasteiger charge is -2.12. The fraction of sp³-hybridized carbons (Fsp3) is 0.545. The number of ether oxygens (including phenoxy) is 1. The smallest absolute Gasteiger partial charge is 0.354 e. The van der Waals surface area contributed by atoms with Crippen molar-refractivity contribution >= 4 is 5.97 Å². The first-order valence-electron chi connectivity index (χ1n) is 5.28. The molecule has 0 radical (unpaired) electrons. The molecule has 1 rings (SSSR count). The Morgan fingerprint density at radius 1 is 1.56 bits per heavy atom. The Hall–Kier alpha value is -1.65. The van der Waals surface area contributed by atoms with Gasteiger partial charge in [0.1, 0.15) is 0 Å². The van der Waals surface area contributed by atoms with Crippen molar-refractivity contribution in [3.8, 4) is 6.01 Å². The van der Waals surface area contributed by atoms with Crippen molar-refractivity contribution in [2.45, 2.75) is 39.7 Å². The number of nitrogens with zero attached hydrogens (tertiary/aromatic N) is 2. The van der Waals surface area contributed by atoms with E-state index >= 15 is 0 Å². The summed E-state index contributed by atoms with van der Waals surface area (Å²) in [5, 5.41) is 8.83. The minimum atomic E-state index is -1.07. The number of aromatic carboxylic acids is 1. The van der Waals surface area contributed by atoms with Gasteiger partial charge in [-0.25, -0.2) is 9.78 Å². The van der Waals surface area contributed by atoms with Gasteiger partial charge >= 0.3 is 12.0 Å². The number of hydrogen-bond acceptors (Lipinski definition) is 4. The number of rotatable bonds is 5. The molecular weight excluding hydrogens is 208 g/mol. The van der Waals surface area contributed by atoms with Crippen molar-refractivity contribution in [3.63, 3.8) is 0 Å². The summed E-state index contributed by atoms with van der Waals surface area (Å²) in [5.41, 5.74) is 0.553. The summed E-state index contributed by atoms with van der Waals surface area (Å²) < 4.78 is 5.44. The van der Waals surface area contributed by atoms with E-state index in [9.17, 15) is 4.79 Å². The lowest BCUT2D eigenvalue weighted by atomic mass is 10.2. The fourth-order valence-corrected chi connectivity index (χ4v) is 1.35. The van der Waals surface area contributed by atoms with E-state index in [0.717, 1.165) is 12.8 Å². The minimum absolute atomic E-state index is 0.00607. The van der Waals surface area contributed by atoms with Crippen LogP contribution in [0.3, 0.4) is 0 Å². The Labute approximate surface area is 94.5 Å². The van der Waals surface area contributed by atoms with Gasteiger partial charge in [-0.05, 0) is 26.3 Å². The largest absolute Gasteiger partial charge is 0.477 e. The molecule has 1 aromatic rings. The van der Waals surface area contributed by atoms with E-state index in [1.807, 2.05) is 6.92 Å². The summed E-state index contributed by atoms with van der Waals surface area (Å²) in [7, 11) is 0. The zero-order valence-corrected chi connectivity index (χ0v) is 9.73. The molecule has 5 nitrogen and oxygen atoms in total. The van der Waals surface area contributed by atoms with Crippen molar-refractivity contribution < 1.29 is 14.6 Å². The van der Waals surface area contributed by atoms with Gasteiger partial charge in [-0.2, -0.15) is 4.98 Å². The zero-order valence-electron chi connectivity index (χ0n) is 9.73. The van der Waals surface area contributed by atoms with E-state index in [1.54, 1.807) is 6.92 Å². The highest BCUT2D eigenvalue weighted by Crippen LogP contribution is 2.11. The normalized spacial score (nSPS) is 12.2. The van der Waals surface area contributed by atoms with Crippen LogP contribution < -0.4 is 4.74 Å². The van der Waals surface area contributed by atoms with Crippen LogP contribution in [0.15, 0.2) is 6.07 Å². The van der Waals surface area contributed by atoms with Gasteiger partial charge in [0.25, 0.3) is 0 Å². The fourth-order valence-electron chi connectivity index (χ4n) is 1.35. The van der Waals surface area contributed by atoms with Crippen LogP contribution in [0.25, 0.3) is 0 Å². The van der Waals surface area contributed by atoms with Crippen LogP contribution in [0.4, 0.5) is 0 Å². The predicted octanol–water partition coefficient (Wildman–Crippen LogP) is 2.05. The number of aromatic nitrogens is 2. The lowest BCUT2D eigenvalue weighted by molar-refractivity contribution is 0.0687. The number of carboxylic acids is 1. The molecular formula is C11H16N2O3. The van der Waals surface area contributed by atoms with Gasteiger partial charge in [-0.3, -0.25) is 0 Å². The quantitative estimate of drug-likeness (QED) is 0.828. The van der Waals surface area contributed by atoms with Crippen molar-refractivity contribution in [3.05, 3.63) is 17.5 Å². The molecule has 0 saturated heterocycles. The first kappa shape index (κ1) is 12.4. The van der Waals surface area contributed by atoms with Gasteiger partial charge in [0.15, 0.2) is 5.69 Å². The SMILES string of the molecule is CCCC(C)Oc1nc(C)cc(C(=O)O)n1. The van der Waals surface area contributed by atoms with E-state index in [-0.39, 0.29) is 17.8 Å². The number of aryl methyl sites for hydroxylation is 1. The average molecular weight is 224 g/mol. The predicted molar refractivity (Wildman–Crippen MR) is 58.7 cm³/mol. The third-order valence-corrected chi connectivity index (χ3v) is 2.05. The van der Waals surface area contributed by atoms with Gasteiger partial charge in [0.05, 0.1) is 6.10 Å². The van der Waals surface area contributed by atoms with Gasteiger partial charge < -0.3 is 9.84 Å². The molecule has 0 spiro atoms. The van der Waals surface area contributed by atoms with E-state index in [4.69, 9.17) is 9.84 Å². The minimum Gasteiger partial charge on any atom is -0.477 e. The Morgan fingerprint density at radius 2 is 2.25 bits per heavy atom. The Kier molecular flexibility index (Phi) is 4.22. The third-order valence-electron chi connectivity index (χ3n) is 2.05. The monoisotopic (exact) mass is 224 g/mol. The highest BCUT2D eigenvalue weighted by molar-refractivity contribution is 5.85. The van der Waals surface area contributed by atoms with Crippen LogP contribution in [0, 0.1) is 6.92 Å². The maximum Gasteiger partial charge on any atom is 0.354 e. The van der Waals surface area contributed by atoms with E-state index in [1.165, 1.54) is 6.07 Å². The molecule has 0 bridgehead atoms. The number of carbonyl (C=O) groups is 1. The molecule has 1 heterocycles. The molecule has 1 unspecified atom stereocenters. The van der Waals surface area contributed by atoms with Crippen LogP contribution in [0.1, 0.15) is 42.9 Å². The summed E-state index contributed by atoms with van der Waals surface area (Å²) in [5.74, 6) is -1.07. The second-order valence-electron chi connectivity index (χ2n) is 3.70. The summed E-state index contributed by atoms with van der Waals surface area (Å²) in [6.45, 7) is 5.68. The molecule has 16 heavy (non-hydrogen) atoms. The van der Waals surface area contributed by atoms with Crippen molar-refractivity contribution in [1.29, 1.82) is 0 Å². The highest BCUT2D eigenvalue weighted by Gasteiger charge is 2.11. The summed E-state index contributed by atoms with van der Waals surface area (Å²) in [6.07, 6.45) is 1.88.